The van der Waals surface area contributed by atoms with E-state index in [1.165, 1.54) is 135 Å². The zero-order chi connectivity index (χ0) is 48.3. The first kappa shape index (κ1) is 69.7. The molecule has 0 amide bonds. The maximum atomic E-state index is 5.65. The molecule has 1 aliphatic heterocycles. The van der Waals surface area contributed by atoms with Crippen LogP contribution in [-0.4, -0.2) is 19.5 Å². The van der Waals surface area contributed by atoms with Gasteiger partial charge in [-0.3, -0.25) is 0 Å². The van der Waals surface area contributed by atoms with Crippen molar-refractivity contribution in [3.8, 4) is 0 Å². The summed E-state index contributed by atoms with van der Waals surface area (Å²) in [5.41, 5.74) is 0.703. The Hall–Kier alpha value is -0.340. The number of hydrogen-bond donors (Lipinski definition) is 0. The Morgan fingerprint density at radius 3 is 1.07 bits per heavy atom. The van der Waals surface area contributed by atoms with Gasteiger partial charge in [0, 0.05) is 5.41 Å². The van der Waals surface area contributed by atoms with E-state index >= 15 is 0 Å². The summed E-state index contributed by atoms with van der Waals surface area (Å²) in [5.74, 6) is 6.83. The van der Waals surface area contributed by atoms with Crippen LogP contribution < -0.4 is 0 Å². The Morgan fingerprint density at radius 2 is 0.803 bits per heavy atom. The number of ether oxygens (including phenoxy) is 2. The van der Waals surface area contributed by atoms with Crippen LogP contribution in [0.15, 0.2) is 12.7 Å². The van der Waals surface area contributed by atoms with Gasteiger partial charge in [-0.15, -0.1) is 6.58 Å². The second kappa shape index (κ2) is 47.6. The van der Waals surface area contributed by atoms with E-state index in [1.54, 1.807) is 0 Å². The summed E-state index contributed by atoms with van der Waals surface area (Å²) in [6.07, 6.45) is 32.5. The molecule has 0 saturated carbocycles. The standard InChI is InChI=1S/C14H30.C13H26.C12H24O2.2C7H16.C6H14/c1-4-5-6-7-8-9-10-11-12-13-14(2)3;1-4-5-6-7-8-9-10-11-12-13(2)3;1-10(2)6-5-7-11-13-8-12(3,4)9-14-11;1-6(2)7(3,4)5;1-6(2)5-7(3)4;1-5(2)6(3)4/h14H,4-13H2,1-3H3;4,13H,1,5-12H2,2-3H3;10-11H,5-9H2,1-4H3;6H,1-5H3;6-7H,5H2,1-4H3;5-6H,1-4H3. The minimum Gasteiger partial charge on any atom is -0.352 e. The molecule has 0 unspecified atom stereocenters. The molecule has 2 heteroatoms. The highest BCUT2D eigenvalue weighted by Gasteiger charge is 2.27. The highest BCUT2D eigenvalue weighted by molar-refractivity contribution is 4.71. The number of allylic oxidation sites excluding steroid dienone is 1. The molecule has 0 spiro atoms. The molecule has 1 fully saturated rings. The van der Waals surface area contributed by atoms with E-state index in [4.69, 9.17) is 9.47 Å². The van der Waals surface area contributed by atoms with Gasteiger partial charge in [0.1, 0.15) is 0 Å². The monoisotopic (exact) mass is 867 g/mol. The van der Waals surface area contributed by atoms with Crippen LogP contribution in [0.4, 0.5) is 0 Å². The van der Waals surface area contributed by atoms with Crippen molar-refractivity contribution in [2.45, 2.75) is 300 Å². The van der Waals surface area contributed by atoms with E-state index in [1.807, 2.05) is 6.08 Å². The third-order valence-electron chi connectivity index (χ3n) is 11.9. The van der Waals surface area contributed by atoms with Gasteiger partial charge in [0.25, 0.3) is 0 Å². The van der Waals surface area contributed by atoms with Gasteiger partial charge < -0.3 is 9.47 Å². The van der Waals surface area contributed by atoms with Crippen LogP contribution in [0.5, 0.6) is 0 Å². The van der Waals surface area contributed by atoms with Gasteiger partial charge in [-0.25, -0.2) is 0 Å². The molecule has 0 atom stereocenters. The van der Waals surface area contributed by atoms with Gasteiger partial charge in [0.15, 0.2) is 6.29 Å². The molecule has 1 saturated heterocycles. The van der Waals surface area contributed by atoms with Crippen LogP contribution in [0, 0.1) is 58.2 Å². The zero-order valence-corrected chi connectivity index (χ0v) is 47.3. The quantitative estimate of drug-likeness (QED) is 0.0637. The molecule has 0 bridgehead atoms. The van der Waals surface area contributed by atoms with Crippen LogP contribution in [-0.2, 0) is 9.47 Å². The van der Waals surface area contributed by atoms with Gasteiger partial charge in [0.2, 0.25) is 0 Å². The second-order valence-corrected chi connectivity index (χ2v) is 24.0. The first-order valence-corrected chi connectivity index (χ1v) is 27.1. The molecule has 0 radical (unpaired) electrons. The molecular weight excluding hydrogens is 741 g/mol. The fourth-order valence-electron chi connectivity index (χ4n) is 5.94. The summed E-state index contributed by atoms with van der Waals surface area (Å²) in [4.78, 5) is 0. The Balaban J connectivity index is -0.000000212. The van der Waals surface area contributed by atoms with Crippen LogP contribution in [0.3, 0.4) is 0 Å². The highest BCUT2D eigenvalue weighted by atomic mass is 16.7. The van der Waals surface area contributed by atoms with E-state index in [0.717, 1.165) is 67.0 Å². The Morgan fingerprint density at radius 1 is 0.492 bits per heavy atom. The Bertz CT molecular complexity index is 787. The average molecular weight is 868 g/mol. The van der Waals surface area contributed by atoms with Crippen LogP contribution >= 0.6 is 0 Å². The lowest BCUT2D eigenvalue weighted by atomic mass is 9.84. The van der Waals surface area contributed by atoms with Crippen molar-refractivity contribution in [3.63, 3.8) is 0 Å². The fourth-order valence-corrected chi connectivity index (χ4v) is 5.94. The summed E-state index contributed by atoms with van der Waals surface area (Å²) < 4.78 is 11.3. The Labute approximate surface area is 391 Å². The first-order chi connectivity index (χ1) is 28.2. The van der Waals surface area contributed by atoms with Crippen molar-refractivity contribution < 1.29 is 9.47 Å². The molecule has 0 N–H and O–H groups in total. The van der Waals surface area contributed by atoms with E-state index in [2.05, 4.69) is 159 Å². The van der Waals surface area contributed by atoms with Crippen molar-refractivity contribution in [1.82, 2.24) is 0 Å². The summed E-state index contributed by atoms with van der Waals surface area (Å²) >= 11 is 0. The molecule has 0 aliphatic carbocycles. The topological polar surface area (TPSA) is 18.5 Å². The van der Waals surface area contributed by atoms with Crippen molar-refractivity contribution in [2.24, 2.45) is 58.2 Å². The molecular formula is C59H126O2. The maximum Gasteiger partial charge on any atom is 0.157 e. The van der Waals surface area contributed by atoms with Crippen molar-refractivity contribution in [3.05, 3.63) is 12.7 Å². The average Bonchev–Trinajstić information content (AvgIpc) is 3.13. The van der Waals surface area contributed by atoms with E-state index in [0.29, 0.717) is 5.41 Å². The molecule has 374 valence electrons. The lowest BCUT2D eigenvalue weighted by molar-refractivity contribution is -0.224. The summed E-state index contributed by atoms with van der Waals surface area (Å²) in [6.45, 7) is 55.1. The largest absolute Gasteiger partial charge is 0.352 e. The summed E-state index contributed by atoms with van der Waals surface area (Å²) in [5, 5.41) is 0. The lowest BCUT2D eigenvalue weighted by Crippen LogP contribution is -2.37. The minimum atomic E-state index is 0.0572. The van der Waals surface area contributed by atoms with Gasteiger partial charge in [-0.1, -0.05) is 268 Å². The van der Waals surface area contributed by atoms with Crippen molar-refractivity contribution >= 4 is 0 Å². The maximum absolute atomic E-state index is 5.65. The zero-order valence-electron chi connectivity index (χ0n) is 47.3. The van der Waals surface area contributed by atoms with Crippen LogP contribution in [0.25, 0.3) is 0 Å². The van der Waals surface area contributed by atoms with Crippen LogP contribution in [0.2, 0.25) is 0 Å². The molecule has 1 aliphatic rings. The van der Waals surface area contributed by atoms with Gasteiger partial charge in [0.05, 0.1) is 13.2 Å². The first-order valence-electron chi connectivity index (χ1n) is 27.1. The number of rotatable bonds is 26. The fraction of sp³-hybridized carbons (Fsp3) is 0.966. The predicted octanol–water partition coefficient (Wildman–Crippen LogP) is 21.4. The highest BCUT2D eigenvalue weighted by Crippen LogP contribution is 2.26. The third-order valence-corrected chi connectivity index (χ3v) is 11.9. The van der Waals surface area contributed by atoms with Crippen LogP contribution in [0.1, 0.15) is 294 Å². The van der Waals surface area contributed by atoms with Gasteiger partial charge >= 0.3 is 0 Å². The minimum absolute atomic E-state index is 0.0572. The second-order valence-electron chi connectivity index (χ2n) is 24.0. The molecule has 1 heterocycles. The number of unbranched alkanes of at least 4 members (excludes halogenated alkanes) is 14. The van der Waals surface area contributed by atoms with E-state index < -0.39 is 0 Å². The van der Waals surface area contributed by atoms with E-state index in [-0.39, 0.29) is 11.7 Å². The summed E-state index contributed by atoms with van der Waals surface area (Å²) in [6, 6.07) is 0. The molecule has 1 rings (SSSR count). The summed E-state index contributed by atoms with van der Waals surface area (Å²) in [7, 11) is 0. The van der Waals surface area contributed by atoms with Crippen molar-refractivity contribution in [2.75, 3.05) is 13.2 Å². The normalized spacial score (nSPS) is 13.9. The Kier molecular flexibility index (Phi) is 54.4. The molecule has 61 heavy (non-hydrogen) atoms. The number of hydrogen-bond acceptors (Lipinski definition) is 2. The molecule has 0 aromatic rings. The van der Waals surface area contributed by atoms with Gasteiger partial charge in [-0.05, 0) is 84.9 Å². The molecule has 2 nitrogen and oxygen atoms in total. The SMILES string of the molecule is C=CCCCCCCCCC(C)C.CC(C)C(C)(C)C.CC(C)C(C)C.CC(C)CC(C)C.CC(C)CCCC1OCC(C)(C)CO1.CCCCCCCCCCCC(C)C. The lowest BCUT2D eigenvalue weighted by Gasteiger charge is -2.34. The van der Waals surface area contributed by atoms with Crippen molar-refractivity contribution in [1.29, 1.82) is 0 Å². The molecule has 0 aromatic heterocycles. The predicted molar refractivity (Wildman–Crippen MR) is 285 cm³/mol. The molecule has 0 aromatic carbocycles. The van der Waals surface area contributed by atoms with Gasteiger partial charge in [-0.2, -0.15) is 0 Å². The smallest absolute Gasteiger partial charge is 0.157 e. The third kappa shape index (κ3) is 71.5. The van der Waals surface area contributed by atoms with E-state index in [9.17, 15) is 0 Å².